The number of carbonyl (C=O) groups excluding carboxylic acids is 1. The predicted molar refractivity (Wildman–Crippen MR) is 72.8 cm³/mol. The van der Waals surface area contributed by atoms with Crippen LogP contribution in [0.5, 0.6) is 0 Å². The molecule has 0 saturated carbocycles. The van der Waals surface area contributed by atoms with Crippen LogP contribution < -0.4 is 11.1 Å². The van der Waals surface area contributed by atoms with Crippen LogP contribution in [0.4, 0.5) is 0 Å². The van der Waals surface area contributed by atoms with E-state index in [2.05, 4.69) is 31.0 Å². The van der Waals surface area contributed by atoms with Crippen molar-refractivity contribution < 1.29 is 4.79 Å². The molecular formula is C13H29N3O. The van der Waals surface area contributed by atoms with Gasteiger partial charge in [-0.25, -0.2) is 0 Å². The Morgan fingerprint density at radius 3 is 2.18 bits per heavy atom. The lowest BCUT2D eigenvalue weighted by molar-refractivity contribution is -0.125. The molecule has 0 aromatic carbocycles. The molecule has 0 rings (SSSR count). The predicted octanol–water partition coefficient (Wildman–Crippen LogP) is 1.21. The van der Waals surface area contributed by atoms with Crippen LogP contribution in [0.1, 0.15) is 41.5 Å². The minimum absolute atomic E-state index is 0.241. The van der Waals surface area contributed by atoms with Gasteiger partial charge < -0.3 is 16.0 Å². The summed E-state index contributed by atoms with van der Waals surface area (Å²) in [5.41, 5.74) is 4.87. The maximum Gasteiger partial charge on any atom is 0.238 e. The van der Waals surface area contributed by atoms with Crippen LogP contribution in [0, 0.1) is 5.92 Å². The number of amides is 1. The maximum atomic E-state index is 11.6. The van der Waals surface area contributed by atoms with Gasteiger partial charge in [0.2, 0.25) is 5.91 Å². The average Bonchev–Trinajstić information content (AvgIpc) is 2.14. The van der Waals surface area contributed by atoms with E-state index in [-0.39, 0.29) is 11.9 Å². The minimum Gasteiger partial charge on any atom is -0.368 e. The Labute approximate surface area is 106 Å². The highest BCUT2D eigenvalue weighted by atomic mass is 16.1. The molecular weight excluding hydrogens is 214 g/mol. The number of nitrogens with one attached hydrogen (secondary N) is 1. The third kappa shape index (κ3) is 6.03. The number of primary amides is 1. The van der Waals surface area contributed by atoms with Crippen LogP contribution in [-0.2, 0) is 4.79 Å². The van der Waals surface area contributed by atoms with E-state index < -0.39 is 5.54 Å². The summed E-state index contributed by atoms with van der Waals surface area (Å²) in [6.45, 7) is 15.0. The van der Waals surface area contributed by atoms with Crippen molar-refractivity contribution in [1.82, 2.24) is 10.2 Å². The van der Waals surface area contributed by atoms with Crippen molar-refractivity contribution in [3.63, 3.8) is 0 Å². The van der Waals surface area contributed by atoms with Crippen LogP contribution in [0.3, 0.4) is 0 Å². The summed E-state index contributed by atoms with van der Waals surface area (Å²) in [6, 6.07) is 0.241. The fourth-order valence-electron chi connectivity index (χ4n) is 2.10. The molecule has 0 aromatic heterocycles. The van der Waals surface area contributed by atoms with Gasteiger partial charge >= 0.3 is 0 Å². The zero-order valence-electron chi connectivity index (χ0n) is 12.2. The Balaban J connectivity index is 4.66. The monoisotopic (exact) mass is 243 g/mol. The molecule has 4 heteroatoms. The highest BCUT2D eigenvalue weighted by Crippen LogP contribution is 2.10. The number of hydrogen-bond acceptors (Lipinski definition) is 3. The van der Waals surface area contributed by atoms with Crippen molar-refractivity contribution in [2.75, 3.05) is 19.6 Å². The Bertz CT molecular complexity index is 241. The second-order valence-corrected chi connectivity index (χ2v) is 5.72. The zero-order valence-corrected chi connectivity index (χ0v) is 12.2. The fourth-order valence-corrected chi connectivity index (χ4v) is 2.10. The molecule has 0 saturated heterocycles. The van der Waals surface area contributed by atoms with E-state index in [0.29, 0.717) is 12.5 Å². The molecule has 0 aliphatic rings. The Morgan fingerprint density at radius 1 is 1.35 bits per heavy atom. The van der Waals surface area contributed by atoms with Gasteiger partial charge in [0.1, 0.15) is 5.54 Å². The lowest BCUT2D eigenvalue weighted by Crippen LogP contribution is -2.61. The molecule has 1 amide bonds. The van der Waals surface area contributed by atoms with Crippen molar-refractivity contribution in [1.29, 1.82) is 0 Å². The molecule has 0 bridgehead atoms. The first-order valence-corrected chi connectivity index (χ1v) is 6.51. The Kier molecular flexibility index (Phi) is 6.72. The summed E-state index contributed by atoms with van der Waals surface area (Å²) in [4.78, 5) is 13.9. The van der Waals surface area contributed by atoms with Crippen LogP contribution in [0.25, 0.3) is 0 Å². The SMILES string of the molecule is CCN(CC(C)C)CC(C)(NC(C)C)C(N)=O. The van der Waals surface area contributed by atoms with Gasteiger partial charge in [-0.15, -0.1) is 0 Å². The molecule has 0 aliphatic carbocycles. The number of carbonyl (C=O) groups is 1. The van der Waals surface area contributed by atoms with Gasteiger partial charge in [0.15, 0.2) is 0 Å². The lowest BCUT2D eigenvalue weighted by atomic mass is 9.98. The van der Waals surface area contributed by atoms with Gasteiger partial charge in [0.25, 0.3) is 0 Å². The summed E-state index contributed by atoms with van der Waals surface area (Å²) in [5, 5.41) is 3.28. The summed E-state index contributed by atoms with van der Waals surface area (Å²) in [6.07, 6.45) is 0. The first kappa shape index (κ1) is 16.4. The Morgan fingerprint density at radius 2 is 1.88 bits per heavy atom. The van der Waals surface area contributed by atoms with E-state index in [1.54, 1.807) is 0 Å². The van der Waals surface area contributed by atoms with E-state index in [4.69, 9.17) is 5.73 Å². The van der Waals surface area contributed by atoms with Crippen molar-refractivity contribution in [3.8, 4) is 0 Å². The van der Waals surface area contributed by atoms with E-state index >= 15 is 0 Å². The van der Waals surface area contributed by atoms with Gasteiger partial charge in [-0.2, -0.15) is 0 Å². The second-order valence-electron chi connectivity index (χ2n) is 5.72. The molecule has 0 radical (unpaired) electrons. The van der Waals surface area contributed by atoms with E-state index in [9.17, 15) is 4.79 Å². The second kappa shape index (κ2) is 6.97. The topological polar surface area (TPSA) is 58.4 Å². The van der Waals surface area contributed by atoms with Crippen LogP contribution >= 0.6 is 0 Å². The van der Waals surface area contributed by atoms with Crippen molar-refractivity contribution >= 4 is 5.91 Å². The number of rotatable bonds is 8. The van der Waals surface area contributed by atoms with E-state index in [1.165, 1.54) is 0 Å². The van der Waals surface area contributed by atoms with Crippen LogP contribution in [-0.4, -0.2) is 42.0 Å². The summed E-state index contributed by atoms with van der Waals surface area (Å²) < 4.78 is 0. The van der Waals surface area contributed by atoms with E-state index in [1.807, 2.05) is 20.8 Å². The number of nitrogens with two attached hydrogens (primary N) is 1. The molecule has 1 unspecified atom stereocenters. The quantitative estimate of drug-likeness (QED) is 0.673. The summed E-state index contributed by atoms with van der Waals surface area (Å²) in [5.74, 6) is 0.305. The minimum atomic E-state index is -0.654. The summed E-state index contributed by atoms with van der Waals surface area (Å²) in [7, 11) is 0. The summed E-state index contributed by atoms with van der Waals surface area (Å²) >= 11 is 0. The van der Waals surface area contributed by atoms with Gasteiger partial charge in [0.05, 0.1) is 0 Å². The van der Waals surface area contributed by atoms with Crippen LogP contribution in [0.15, 0.2) is 0 Å². The molecule has 17 heavy (non-hydrogen) atoms. The van der Waals surface area contributed by atoms with Crippen molar-refractivity contribution in [3.05, 3.63) is 0 Å². The van der Waals surface area contributed by atoms with Gasteiger partial charge in [-0.1, -0.05) is 20.8 Å². The van der Waals surface area contributed by atoms with Gasteiger partial charge in [-0.3, -0.25) is 4.79 Å². The molecule has 0 heterocycles. The molecule has 4 nitrogen and oxygen atoms in total. The number of likely N-dealkylation sites (N-methyl/N-ethyl adjacent to an activating group) is 1. The highest BCUT2D eigenvalue weighted by molar-refractivity contribution is 5.84. The van der Waals surface area contributed by atoms with Crippen molar-refractivity contribution in [2.24, 2.45) is 11.7 Å². The highest BCUT2D eigenvalue weighted by Gasteiger charge is 2.33. The third-order valence-electron chi connectivity index (χ3n) is 2.76. The molecule has 0 aliphatic heterocycles. The first-order chi connectivity index (χ1) is 7.71. The molecule has 102 valence electrons. The third-order valence-corrected chi connectivity index (χ3v) is 2.76. The zero-order chi connectivity index (χ0) is 13.6. The number of hydrogen-bond donors (Lipinski definition) is 2. The average molecular weight is 243 g/mol. The molecule has 0 aromatic rings. The lowest BCUT2D eigenvalue weighted by Gasteiger charge is -2.35. The standard InChI is InChI=1S/C13H29N3O/c1-7-16(8-10(2)3)9-13(6,12(14)17)15-11(4)5/h10-11,15H,7-9H2,1-6H3,(H2,14,17). The number of nitrogens with zero attached hydrogens (tertiary/aromatic N) is 1. The molecule has 3 N–H and O–H groups in total. The smallest absolute Gasteiger partial charge is 0.238 e. The molecule has 0 spiro atoms. The first-order valence-electron chi connectivity index (χ1n) is 6.51. The fraction of sp³-hybridized carbons (Fsp3) is 0.923. The van der Waals surface area contributed by atoms with Crippen molar-refractivity contribution in [2.45, 2.75) is 53.1 Å². The normalized spacial score (nSPS) is 15.6. The van der Waals surface area contributed by atoms with Gasteiger partial charge in [0, 0.05) is 19.1 Å². The molecule has 0 fully saturated rings. The van der Waals surface area contributed by atoms with Gasteiger partial charge in [-0.05, 0) is 33.2 Å². The molecule has 1 atom stereocenters. The Hall–Kier alpha value is -0.610. The van der Waals surface area contributed by atoms with E-state index in [0.717, 1.165) is 13.1 Å². The largest absolute Gasteiger partial charge is 0.368 e. The maximum absolute atomic E-state index is 11.6. The van der Waals surface area contributed by atoms with Crippen LogP contribution in [0.2, 0.25) is 0 Å².